The van der Waals surface area contributed by atoms with Gasteiger partial charge in [0.1, 0.15) is 6.54 Å². The van der Waals surface area contributed by atoms with Gasteiger partial charge in [-0.05, 0) is 25.0 Å². The molecule has 1 aliphatic rings. The van der Waals surface area contributed by atoms with Gasteiger partial charge in [0.15, 0.2) is 5.13 Å². The summed E-state index contributed by atoms with van der Waals surface area (Å²) in [7, 11) is 0. The Morgan fingerprint density at radius 1 is 1.22 bits per heavy atom. The maximum Gasteiger partial charge on any atom is 0.269 e. The summed E-state index contributed by atoms with van der Waals surface area (Å²) in [6, 6.07) is 5.48. The van der Waals surface area contributed by atoms with E-state index in [1.165, 1.54) is 35.6 Å². The highest BCUT2D eigenvalue weighted by Gasteiger charge is 2.28. The number of aromatic nitrogens is 1. The molecule has 1 aliphatic carbocycles. The van der Waals surface area contributed by atoms with Gasteiger partial charge in [0.05, 0.1) is 4.92 Å². The number of non-ortho nitro benzene ring substituents is 1. The average molecular weight is 388 g/mol. The lowest BCUT2D eigenvalue weighted by Gasteiger charge is -2.34. The predicted octanol–water partition coefficient (Wildman–Crippen LogP) is 3.46. The molecule has 2 aromatic rings. The molecular weight excluding hydrogens is 368 g/mol. The Hall–Kier alpha value is -2.81. The van der Waals surface area contributed by atoms with Crippen LogP contribution in [0.15, 0.2) is 35.8 Å². The molecule has 0 saturated heterocycles. The number of amides is 2. The van der Waals surface area contributed by atoms with E-state index < -0.39 is 4.92 Å². The topological polar surface area (TPSA) is 105 Å². The van der Waals surface area contributed by atoms with Crippen LogP contribution >= 0.6 is 11.3 Å². The summed E-state index contributed by atoms with van der Waals surface area (Å²) in [5, 5.41) is 15.8. The third kappa shape index (κ3) is 4.88. The SMILES string of the molecule is O=C(CN(C(=O)c1ccc([N+](=O)[O-])cc1)C1CCCCC1)Nc1nccs1. The summed E-state index contributed by atoms with van der Waals surface area (Å²) >= 11 is 1.31. The van der Waals surface area contributed by atoms with E-state index in [2.05, 4.69) is 10.3 Å². The molecule has 1 heterocycles. The van der Waals surface area contributed by atoms with Gasteiger partial charge in [-0.25, -0.2) is 4.98 Å². The number of benzene rings is 1. The number of carbonyl (C=O) groups is 2. The fraction of sp³-hybridized carbons (Fsp3) is 0.389. The van der Waals surface area contributed by atoms with Crippen molar-refractivity contribution in [1.29, 1.82) is 0 Å². The number of hydrogen-bond donors (Lipinski definition) is 1. The molecule has 142 valence electrons. The Balaban J connectivity index is 1.76. The monoisotopic (exact) mass is 388 g/mol. The smallest absolute Gasteiger partial charge is 0.269 e. The summed E-state index contributed by atoms with van der Waals surface area (Å²) in [6.07, 6.45) is 6.46. The minimum Gasteiger partial charge on any atom is -0.326 e. The first-order valence-corrected chi connectivity index (χ1v) is 9.67. The average Bonchev–Trinajstić information content (AvgIpc) is 3.19. The first-order valence-electron chi connectivity index (χ1n) is 8.79. The number of nitro benzene ring substituents is 1. The Morgan fingerprint density at radius 2 is 1.93 bits per heavy atom. The highest BCUT2D eigenvalue weighted by molar-refractivity contribution is 7.13. The lowest BCUT2D eigenvalue weighted by molar-refractivity contribution is -0.384. The van der Waals surface area contributed by atoms with Crippen LogP contribution in [0.1, 0.15) is 42.5 Å². The number of rotatable bonds is 6. The van der Waals surface area contributed by atoms with Crippen molar-refractivity contribution in [3.05, 3.63) is 51.5 Å². The molecule has 3 rings (SSSR count). The molecule has 8 nitrogen and oxygen atoms in total. The van der Waals surface area contributed by atoms with Crippen LogP contribution < -0.4 is 5.32 Å². The van der Waals surface area contributed by atoms with Gasteiger partial charge in [0.25, 0.3) is 11.6 Å². The van der Waals surface area contributed by atoms with Crippen molar-refractivity contribution < 1.29 is 14.5 Å². The van der Waals surface area contributed by atoms with Gasteiger partial charge in [-0.1, -0.05) is 19.3 Å². The standard InChI is InChI=1S/C18H20N4O4S/c23-16(20-18-19-10-11-27-18)12-21(14-4-2-1-3-5-14)17(24)13-6-8-15(9-7-13)22(25)26/h6-11,14H,1-5,12H2,(H,19,20,23). The minimum absolute atomic E-state index is 0.0107. The van der Waals surface area contributed by atoms with Crippen LogP contribution in [0.3, 0.4) is 0 Å². The Bertz CT molecular complexity index is 801. The molecule has 2 amide bonds. The quantitative estimate of drug-likeness (QED) is 0.602. The van der Waals surface area contributed by atoms with Crippen LogP contribution in [0.5, 0.6) is 0 Å². The molecule has 0 atom stereocenters. The number of hydrogen-bond acceptors (Lipinski definition) is 6. The molecule has 1 N–H and O–H groups in total. The van der Waals surface area contributed by atoms with Crippen molar-refractivity contribution >= 4 is 34.0 Å². The van der Waals surface area contributed by atoms with E-state index in [4.69, 9.17) is 0 Å². The Labute approximate surface area is 160 Å². The third-order valence-electron chi connectivity index (χ3n) is 4.59. The van der Waals surface area contributed by atoms with Crippen LogP contribution in [0, 0.1) is 10.1 Å². The van der Waals surface area contributed by atoms with Gasteiger partial charge in [-0.3, -0.25) is 19.7 Å². The highest BCUT2D eigenvalue weighted by Crippen LogP contribution is 2.25. The Morgan fingerprint density at radius 3 is 2.52 bits per heavy atom. The zero-order valence-corrected chi connectivity index (χ0v) is 15.5. The maximum atomic E-state index is 13.0. The first kappa shape index (κ1) is 19.0. The summed E-state index contributed by atoms with van der Waals surface area (Å²) < 4.78 is 0. The molecule has 1 aromatic heterocycles. The van der Waals surface area contributed by atoms with E-state index in [0.29, 0.717) is 10.7 Å². The fourth-order valence-corrected chi connectivity index (χ4v) is 3.79. The van der Waals surface area contributed by atoms with Gasteiger partial charge in [-0.15, -0.1) is 11.3 Å². The molecular formula is C18H20N4O4S. The highest BCUT2D eigenvalue weighted by atomic mass is 32.1. The van der Waals surface area contributed by atoms with Crippen LogP contribution in [0.2, 0.25) is 0 Å². The third-order valence-corrected chi connectivity index (χ3v) is 5.28. The summed E-state index contributed by atoms with van der Waals surface area (Å²) in [5.41, 5.74) is 0.269. The van der Waals surface area contributed by atoms with Crippen molar-refractivity contribution in [2.24, 2.45) is 0 Å². The van der Waals surface area contributed by atoms with Crippen molar-refractivity contribution in [3.8, 4) is 0 Å². The number of anilines is 1. The molecule has 1 aromatic carbocycles. The van der Waals surface area contributed by atoms with E-state index in [0.717, 1.165) is 32.1 Å². The van der Waals surface area contributed by atoms with Crippen molar-refractivity contribution in [2.75, 3.05) is 11.9 Å². The number of nitrogens with one attached hydrogen (secondary N) is 1. The number of carbonyl (C=O) groups excluding carboxylic acids is 2. The van der Waals surface area contributed by atoms with Crippen LogP contribution in [0.25, 0.3) is 0 Å². The molecule has 0 radical (unpaired) electrons. The fourth-order valence-electron chi connectivity index (χ4n) is 3.25. The maximum absolute atomic E-state index is 13.0. The second kappa shape index (κ2) is 8.72. The zero-order valence-electron chi connectivity index (χ0n) is 14.7. The lowest BCUT2D eigenvalue weighted by atomic mass is 9.93. The van der Waals surface area contributed by atoms with Crippen LogP contribution in [0.4, 0.5) is 10.8 Å². The zero-order chi connectivity index (χ0) is 19.2. The minimum atomic E-state index is -0.505. The summed E-state index contributed by atoms with van der Waals surface area (Å²) in [6.45, 7) is -0.0694. The molecule has 0 bridgehead atoms. The van der Waals surface area contributed by atoms with Crippen molar-refractivity contribution in [3.63, 3.8) is 0 Å². The van der Waals surface area contributed by atoms with E-state index in [1.807, 2.05) is 0 Å². The van der Waals surface area contributed by atoms with Crippen LogP contribution in [-0.2, 0) is 4.79 Å². The molecule has 27 heavy (non-hydrogen) atoms. The largest absolute Gasteiger partial charge is 0.326 e. The molecule has 9 heteroatoms. The Kier molecular flexibility index (Phi) is 6.12. The second-order valence-corrected chi connectivity index (χ2v) is 7.31. The number of nitrogens with zero attached hydrogens (tertiary/aromatic N) is 3. The van der Waals surface area contributed by atoms with Crippen molar-refractivity contribution in [2.45, 2.75) is 38.1 Å². The van der Waals surface area contributed by atoms with E-state index in [9.17, 15) is 19.7 Å². The van der Waals surface area contributed by atoms with E-state index in [-0.39, 0.29) is 30.1 Å². The molecule has 0 aliphatic heterocycles. The second-order valence-electron chi connectivity index (χ2n) is 6.41. The van der Waals surface area contributed by atoms with Gasteiger partial charge in [0.2, 0.25) is 5.91 Å². The van der Waals surface area contributed by atoms with E-state index in [1.54, 1.807) is 16.5 Å². The predicted molar refractivity (Wildman–Crippen MR) is 102 cm³/mol. The normalized spacial score (nSPS) is 14.5. The molecule has 0 unspecified atom stereocenters. The van der Waals surface area contributed by atoms with Gasteiger partial charge in [0, 0.05) is 35.3 Å². The molecule has 1 saturated carbocycles. The molecule has 0 spiro atoms. The van der Waals surface area contributed by atoms with Gasteiger partial charge >= 0.3 is 0 Å². The number of nitro groups is 1. The number of thiazole rings is 1. The van der Waals surface area contributed by atoms with Gasteiger partial charge < -0.3 is 10.2 Å². The lowest BCUT2D eigenvalue weighted by Crippen LogP contribution is -2.45. The van der Waals surface area contributed by atoms with E-state index >= 15 is 0 Å². The van der Waals surface area contributed by atoms with Crippen molar-refractivity contribution in [1.82, 2.24) is 9.88 Å². The molecule has 1 fully saturated rings. The summed E-state index contributed by atoms with van der Waals surface area (Å²) in [5.74, 6) is -0.586. The first-order chi connectivity index (χ1) is 13.0. The summed E-state index contributed by atoms with van der Waals surface area (Å²) in [4.78, 5) is 41.4. The van der Waals surface area contributed by atoms with Crippen LogP contribution in [-0.4, -0.2) is 39.2 Å². The van der Waals surface area contributed by atoms with Gasteiger partial charge in [-0.2, -0.15) is 0 Å².